The van der Waals surface area contributed by atoms with Crippen molar-refractivity contribution in [1.82, 2.24) is 15.3 Å². The molecule has 2 aromatic carbocycles. The number of amides is 1. The largest absolute Gasteiger partial charge is 0.332 e. The number of sulfonamides is 1. The zero-order chi connectivity index (χ0) is 24.2. The van der Waals surface area contributed by atoms with Crippen LogP contribution in [0.2, 0.25) is 0 Å². The first kappa shape index (κ1) is 24.3. The molecule has 0 aliphatic carbocycles. The van der Waals surface area contributed by atoms with Crippen molar-refractivity contribution in [3.8, 4) is 0 Å². The lowest BCUT2D eigenvalue weighted by Gasteiger charge is -2.12. The second-order valence-corrected chi connectivity index (χ2v) is 9.88. The fourth-order valence-electron chi connectivity index (χ4n) is 3.03. The summed E-state index contributed by atoms with van der Waals surface area (Å²) in [7, 11) is -3.86. The van der Waals surface area contributed by atoms with E-state index >= 15 is 0 Å². The van der Waals surface area contributed by atoms with E-state index in [2.05, 4.69) is 39.2 Å². The molecule has 0 atom stereocenters. The molecule has 10 heteroatoms. The number of nitrogens with zero attached hydrogens (tertiary/aromatic N) is 2. The van der Waals surface area contributed by atoms with Gasteiger partial charge in [-0.1, -0.05) is 26.0 Å². The molecule has 1 heterocycles. The van der Waals surface area contributed by atoms with Crippen LogP contribution in [0, 0.1) is 13.8 Å². The molecule has 0 bridgehead atoms. The zero-order valence-electron chi connectivity index (χ0n) is 18.7. The van der Waals surface area contributed by atoms with Crippen molar-refractivity contribution in [3.05, 3.63) is 77.1 Å². The third kappa shape index (κ3) is 6.56. The van der Waals surface area contributed by atoms with Crippen LogP contribution in [-0.4, -0.2) is 29.4 Å². The average molecular weight is 484 g/mol. The van der Waals surface area contributed by atoms with E-state index in [1.807, 2.05) is 12.1 Å². The molecule has 0 radical (unpaired) electrons. The molecule has 0 saturated carbocycles. The van der Waals surface area contributed by atoms with Gasteiger partial charge in [0.05, 0.1) is 4.90 Å². The van der Waals surface area contributed by atoms with Gasteiger partial charge in [-0.25, -0.2) is 23.1 Å². The van der Waals surface area contributed by atoms with Crippen molar-refractivity contribution in [3.63, 3.8) is 0 Å². The smallest absolute Gasteiger partial charge is 0.264 e. The van der Waals surface area contributed by atoms with Gasteiger partial charge in [0.25, 0.3) is 15.9 Å². The number of rotatable bonds is 6. The Morgan fingerprint density at radius 3 is 2.06 bits per heavy atom. The molecule has 1 amide bonds. The van der Waals surface area contributed by atoms with Crippen molar-refractivity contribution in [2.75, 3.05) is 10.0 Å². The summed E-state index contributed by atoms with van der Waals surface area (Å²) in [6.45, 7) is 7.68. The van der Waals surface area contributed by atoms with E-state index in [0.717, 1.165) is 5.56 Å². The van der Waals surface area contributed by atoms with E-state index in [-0.39, 0.29) is 21.9 Å². The molecule has 33 heavy (non-hydrogen) atoms. The summed E-state index contributed by atoms with van der Waals surface area (Å²) in [6, 6.07) is 15.0. The minimum absolute atomic E-state index is 0.0139. The molecule has 3 rings (SSSR count). The number of nitrogens with one attached hydrogen (secondary N) is 3. The number of benzene rings is 2. The van der Waals surface area contributed by atoms with Crippen LogP contribution in [0.5, 0.6) is 0 Å². The number of anilines is 2. The Hall–Kier alpha value is -3.37. The standard InChI is InChI=1S/C23H25N5O3S2/c1-14(2)17-5-7-18(8-6-17)21(29)27-23(32)26-19-9-11-20(12-10-19)33(30,31)28-22-24-15(3)13-16(4)25-22/h5-14H,1-4H3,(H,24,25,28)(H2,26,27,29,32). The fourth-order valence-corrected chi connectivity index (χ4v) is 4.18. The van der Waals surface area contributed by atoms with Gasteiger partial charge in [0.1, 0.15) is 0 Å². The average Bonchev–Trinajstić information content (AvgIpc) is 2.73. The summed E-state index contributed by atoms with van der Waals surface area (Å²) in [4.78, 5) is 20.6. The van der Waals surface area contributed by atoms with E-state index in [4.69, 9.17) is 12.2 Å². The van der Waals surface area contributed by atoms with Crippen LogP contribution in [0.25, 0.3) is 0 Å². The molecule has 1 aromatic heterocycles. The summed E-state index contributed by atoms with van der Waals surface area (Å²) in [5.41, 5.74) is 3.47. The van der Waals surface area contributed by atoms with Gasteiger partial charge in [-0.05, 0) is 80.0 Å². The normalized spacial score (nSPS) is 11.2. The fraction of sp³-hybridized carbons (Fsp3) is 0.217. The molecule has 0 unspecified atom stereocenters. The maximum absolute atomic E-state index is 12.6. The van der Waals surface area contributed by atoms with Crippen molar-refractivity contribution in [1.29, 1.82) is 0 Å². The van der Waals surface area contributed by atoms with E-state index < -0.39 is 10.0 Å². The highest BCUT2D eigenvalue weighted by Crippen LogP contribution is 2.18. The summed E-state index contributed by atoms with van der Waals surface area (Å²) in [6.07, 6.45) is 0. The Labute approximate surface area is 198 Å². The number of carbonyl (C=O) groups is 1. The number of aromatic nitrogens is 2. The maximum Gasteiger partial charge on any atom is 0.264 e. The second kappa shape index (κ2) is 10.1. The van der Waals surface area contributed by atoms with Gasteiger partial charge in [0, 0.05) is 22.6 Å². The number of aryl methyl sites for hydroxylation is 2. The molecule has 0 spiro atoms. The number of hydrogen-bond donors (Lipinski definition) is 3. The van der Waals surface area contributed by atoms with Gasteiger partial charge >= 0.3 is 0 Å². The van der Waals surface area contributed by atoms with Crippen LogP contribution in [-0.2, 0) is 10.0 Å². The number of carbonyl (C=O) groups excluding carboxylic acids is 1. The van der Waals surface area contributed by atoms with Gasteiger partial charge < -0.3 is 5.32 Å². The summed E-state index contributed by atoms with van der Waals surface area (Å²) in [5.74, 6) is 0.0555. The van der Waals surface area contributed by atoms with Crippen LogP contribution in [0.1, 0.15) is 47.1 Å². The quantitative estimate of drug-likeness (QED) is 0.452. The van der Waals surface area contributed by atoms with Crippen molar-refractivity contribution in [2.45, 2.75) is 38.5 Å². The topological polar surface area (TPSA) is 113 Å². The van der Waals surface area contributed by atoms with E-state index in [9.17, 15) is 13.2 Å². The highest BCUT2D eigenvalue weighted by Gasteiger charge is 2.16. The molecular weight excluding hydrogens is 458 g/mol. The second-order valence-electron chi connectivity index (χ2n) is 7.79. The lowest BCUT2D eigenvalue weighted by Crippen LogP contribution is -2.34. The van der Waals surface area contributed by atoms with Crippen LogP contribution in [0.3, 0.4) is 0 Å². The molecule has 0 aliphatic rings. The van der Waals surface area contributed by atoms with Gasteiger partial charge in [0.15, 0.2) is 5.11 Å². The molecule has 3 N–H and O–H groups in total. The first-order chi connectivity index (χ1) is 15.5. The van der Waals surface area contributed by atoms with Crippen LogP contribution < -0.4 is 15.4 Å². The lowest BCUT2D eigenvalue weighted by atomic mass is 10.0. The van der Waals surface area contributed by atoms with Crippen molar-refractivity contribution in [2.24, 2.45) is 0 Å². The van der Waals surface area contributed by atoms with Crippen LogP contribution >= 0.6 is 12.2 Å². The van der Waals surface area contributed by atoms with Crippen LogP contribution in [0.4, 0.5) is 11.6 Å². The monoisotopic (exact) mass is 483 g/mol. The Morgan fingerprint density at radius 1 is 0.939 bits per heavy atom. The zero-order valence-corrected chi connectivity index (χ0v) is 20.3. The summed E-state index contributed by atoms with van der Waals surface area (Å²) in [5, 5.41) is 5.59. The molecular formula is C23H25N5O3S2. The first-order valence-corrected chi connectivity index (χ1v) is 12.1. The predicted octanol–water partition coefficient (Wildman–Crippen LogP) is 4.14. The van der Waals surface area contributed by atoms with Crippen molar-refractivity contribution >= 4 is 44.9 Å². The van der Waals surface area contributed by atoms with Crippen LogP contribution in [0.15, 0.2) is 59.5 Å². The summed E-state index contributed by atoms with van der Waals surface area (Å²) >= 11 is 5.21. The lowest BCUT2D eigenvalue weighted by molar-refractivity contribution is 0.0977. The van der Waals surface area contributed by atoms with Gasteiger partial charge in [-0.2, -0.15) is 0 Å². The first-order valence-electron chi connectivity index (χ1n) is 10.2. The Balaban J connectivity index is 1.62. The highest BCUT2D eigenvalue weighted by atomic mass is 32.2. The van der Waals surface area contributed by atoms with Gasteiger partial charge in [-0.15, -0.1) is 0 Å². The molecule has 172 valence electrons. The molecule has 8 nitrogen and oxygen atoms in total. The molecule has 0 aliphatic heterocycles. The van der Waals surface area contributed by atoms with E-state index in [0.29, 0.717) is 28.6 Å². The Morgan fingerprint density at radius 2 is 1.52 bits per heavy atom. The Bertz CT molecular complexity index is 1250. The minimum Gasteiger partial charge on any atom is -0.332 e. The van der Waals surface area contributed by atoms with Gasteiger partial charge in [-0.3, -0.25) is 10.1 Å². The van der Waals surface area contributed by atoms with Crippen molar-refractivity contribution < 1.29 is 13.2 Å². The minimum atomic E-state index is -3.86. The van der Waals surface area contributed by atoms with E-state index in [1.54, 1.807) is 44.2 Å². The van der Waals surface area contributed by atoms with E-state index in [1.165, 1.54) is 12.1 Å². The molecule has 0 fully saturated rings. The number of hydrogen-bond acceptors (Lipinski definition) is 6. The highest BCUT2D eigenvalue weighted by molar-refractivity contribution is 7.92. The number of thiocarbonyl (C=S) groups is 1. The van der Waals surface area contributed by atoms with Gasteiger partial charge in [0.2, 0.25) is 5.95 Å². The third-order valence-electron chi connectivity index (χ3n) is 4.70. The summed E-state index contributed by atoms with van der Waals surface area (Å²) < 4.78 is 27.6. The molecule has 0 saturated heterocycles. The predicted molar refractivity (Wildman–Crippen MR) is 133 cm³/mol. The Kier molecular flexibility index (Phi) is 7.39. The maximum atomic E-state index is 12.6. The SMILES string of the molecule is Cc1cc(C)nc(NS(=O)(=O)c2ccc(NC(=S)NC(=O)c3ccc(C(C)C)cc3)cc2)n1. The molecule has 3 aromatic rings. The third-order valence-corrected chi connectivity index (χ3v) is 6.25.